The molecule has 3 aromatic carbocycles. The zero-order valence-corrected chi connectivity index (χ0v) is 16.8. The summed E-state index contributed by atoms with van der Waals surface area (Å²) in [5.41, 5.74) is 1.77. The van der Waals surface area contributed by atoms with E-state index in [-0.39, 0.29) is 29.1 Å². The van der Waals surface area contributed by atoms with Crippen LogP contribution < -0.4 is 14.9 Å². The first kappa shape index (κ1) is 20.6. The summed E-state index contributed by atoms with van der Waals surface area (Å²) < 4.78 is 0. The molecule has 1 heterocycles. The molecule has 1 aliphatic rings. The van der Waals surface area contributed by atoms with E-state index in [1.165, 1.54) is 18.2 Å². The third-order valence-corrected chi connectivity index (χ3v) is 5.92. The predicted molar refractivity (Wildman–Crippen MR) is 111 cm³/mol. The van der Waals surface area contributed by atoms with Crippen molar-refractivity contribution in [3.05, 3.63) is 93.5 Å². The van der Waals surface area contributed by atoms with Crippen molar-refractivity contribution < 1.29 is 30.0 Å². The lowest BCUT2D eigenvalue weighted by Gasteiger charge is -2.27. The number of nitro groups is 1. The van der Waals surface area contributed by atoms with Crippen molar-refractivity contribution in [1.82, 2.24) is 0 Å². The summed E-state index contributed by atoms with van der Waals surface area (Å²) in [5, 5.41) is 44.6. The van der Waals surface area contributed by atoms with E-state index in [2.05, 4.69) is 0 Å². The molecule has 0 aromatic heterocycles. The van der Waals surface area contributed by atoms with Crippen LogP contribution in [-0.2, 0) is 13.1 Å². The molecule has 4 N–H and O–H groups in total. The topological polar surface area (TPSA) is 116 Å². The number of nitro benzene ring substituents is 1. The summed E-state index contributed by atoms with van der Waals surface area (Å²) in [6.07, 6.45) is -0.369. The number of non-ortho nitro benzene ring substituents is 1. The van der Waals surface area contributed by atoms with Crippen molar-refractivity contribution >= 4 is 5.69 Å². The van der Waals surface area contributed by atoms with E-state index in [4.69, 9.17) is 0 Å². The number of hydrogen-bond donors (Lipinski definition) is 4. The average Bonchev–Trinajstić information content (AvgIpc) is 3.13. The first-order valence-corrected chi connectivity index (χ1v) is 10.1. The Hall–Kier alpha value is -3.62. The predicted octanol–water partition coefficient (Wildman–Crippen LogP) is 0.262. The van der Waals surface area contributed by atoms with Crippen molar-refractivity contribution in [2.75, 3.05) is 13.1 Å². The lowest BCUT2D eigenvalue weighted by atomic mass is 10.1. The summed E-state index contributed by atoms with van der Waals surface area (Å²) in [7, 11) is 0. The highest BCUT2D eigenvalue weighted by Gasteiger charge is 2.42. The summed E-state index contributed by atoms with van der Waals surface area (Å²) in [4.78, 5) is 12.9. The van der Waals surface area contributed by atoms with Gasteiger partial charge in [-0.3, -0.25) is 19.9 Å². The average molecular weight is 422 g/mol. The largest absolute Gasteiger partial charge is 0.872 e. The van der Waals surface area contributed by atoms with E-state index in [0.717, 1.165) is 20.9 Å². The van der Waals surface area contributed by atoms with Gasteiger partial charge in [-0.15, -0.1) is 0 Å². The van der Waals surface area contributed by atoms with Gasteiger partial charge in [0.2, 0.25) is 6.17 Å². The minimum atomic E-state index is -0.497. The highest BCUT2D eigenvalue weighted by atomic mass is 16.6. The van der Waals surface area contributed by atoms with E-state index in [1.807, 2.05) is 24.3 Å². The van der Waals surface area contributed by atoms with Crippen LogP contribution in [0.5, 0.6) is 17.2 Å². The Bertz CT molecular complexity index is 1050. The molecule has 1 saturated heterocycles. The molecule has 4 rings (SSSR count). The van der Waals surface area contributed by atoms with Gasteiger partial charge in [-0.25, -0.2) is 0 Å². The Balaban J connectivity index is 1.72. The van der Waals surface area contributed by atoms with Gasteiger partial charge in [0, 0.05) is 23.3 Å². The van der Waals surface area contributed by atoms with E-state index < -0.39 is 4.92 Å². The maximum atomic E-state index is 12.8. The second kappa shape index (κ2) is 8.63. The van der Waals surface area contributed by atoms with Crippen LogP contribution in [0.2, 0.25) is 0 Å². The Labute approximate surface area is 179 Å². The molecule has 0 bridgehead atoms. The molecular weight excluding hydrogens is 398 g/mol. The maximum Gasteiger partial charge on any atom is 0.270 e. The first-order chi connectivity index (χ1) is 14.9. The first-order valence-electron chi connectivity index (χ1n) is 10.1. The number of nitrogens with one attached hydrogen (secondary N) is 2. The van der Waals surface area contributed by atoms with Gasteiger partial charge in [0.1, 0.15) is 37.7 Å². The van der Waals surface area contributed by atoms with Gasteiger partial charge >= 0.3 is 0 Å². The molecule has 0 radical (unpaired) electrons. The van der Waals surface area contributed by atoms with Crippen LogP contribution in [0, 0.1) is 10.1 Å². The number of para-hydroxylation sites is 2. The molecule has 0 amide bonds. The number of hydrogen-bond acceptors (Lipinski definition) is 5. The van der Waals surface area contributed by atoms with Crippen LogP contribution >= 0.6 is 0 Å². The van der Waals surface area contributed by atoms with Crippen molar-refractivity contribution in [1.29, 1.82) is 0 Å². The van der Waals surface area contributed by atoms with Gasteiger partial charge in [0.05, 0.1) is 10.5 Å². The molecule has 0 spiro atoms. The third-order valence-electron chi connectivity index (χ3n) is 5.92. The SMILES string of the molecule is O=[N+]([O-])c1ccc([O-])c(C2[NH+](Cc3ccccc3O)CC[NH+]2Cc2ccccc2O)c1. The lowest BCUT2D eigenvalue weighted by molar-refractivity contribution is -1.09. The number of aromatic hydroxyl groups is 2. The quantitative estimate of drug-likeness (QED) is 0.336. The number of rotatable bonds is 6. The number of phenolic OH excluding ortho intramolecular Hbond substituents is 2. The van der Waals surface area contributed by atoms with Gasteiger partial charge in [0.25, 0.3) is 5.69 Å². The smallest absolute Gasteiger partial charge is 0.270 e. The number of quaternary nitrogens is 2. The normalized spacial score (nSPS) is 20.6. The summed E-state index contributed by atoms with van der Waals surface area (Å²) in [5.74, 6) is 0.121. The molecule has 2 atom stereocenters. The van der Waals surface area contributed by atoms with Crippen LogP contribution in [0.25, 0.3) is 0 Å². The number of nitrogens with zero attached hydrogens (tertiary/aromatic N) is 1. The zero-order valence-electron chi connectivity index (χ0n) is 16.8. The number of phenols is 2. The Morgan fingerprint density at radius 2 is 1.39 bits per heavy atom. The third kappa shape index (κ3) is 4.30. The monoisotopic (exact) mass is 422 g/mol. The molecule has 8 nitrogen and oxygen atoms in total. The van der Waals surface area contributed by atoms with Crippen LogP contribution in [0.1, 0.15) is 22.9 Å². The fourth-order valence-electron chi connectivity index (χ4n) is 4.40. The Morgan fingerprint density at radius 3 is 1.87 bits per heavy atom. The number of benzene rings is 3. The fourth-order valence-corrected chi connectivity index (χ4v) is 4.40. The van der Waals surface area contributed by atoms with E-state index in [9.17, 15) is 25.4 Å². The molecule has 1 fully saturated rings. The van der Waals surface area contributed by atoms with Crippen LogP contribution in [-0.4, -0.2) is 28.2 Å². The highest BCUT2D eigenvalue weighted by Crippen LogP contribution is 2.25. The van der Waals surface area contributed by atoms with Crippen LogP contribution in [0.4, 0.5) is 5.69 Å². The summed E-state index contributed by atoms with van der Waals surface area (Å²) >= 11 is 0. The van der Waals surface area contributed by atoms with Crippen LogP contribution in [0.3, 0.4) is 0 Å². The van der Waals surface area contributed by atoms with E-state index in [0.29, 0.717) is 31.7 Å². The molecular formula is C23H24N3O5+. The Morgan fingerprint density at radius 1 is 0.871 bits per heavy atom. The molecule has 0 aliphatic carbocycles. The molecule has 31 heavy (non-hydrogen) atoms. The summed E-state index contributed by atoms with van der Waals surface area (Å²) in [6, 6.07) is 18.0. The van der Waals surface area contributed by atoms with Crippen molar-refractivity contribution in [3.8, 4) is 17.2 Å². The highest BCUT2D eigenvalue weighted by molar-refractivity contribution is 5.43. The van der Waals surface area contributed by atoms with Gasteiger partial charge in [0.15, 0.2) is 0 Å². The van der Waals surface area contributed by atoms with Gasteiger partial charge in [-0.1, -0.05) is 36.1 Å². The van der Waals surface area contributed by atoms with Gasteiger partial charge in [-0.2, -0.15) is 0 Å². The Kier molecular flexibility index (Phi) is 5.75. The molecule has 160 valence electrons. The molecule has 2 unspecified atom stereocenters. The summed E-state index contributed by atoms with van der Waals surface area (Å²) in [6.45, 7) is 2.38. The standard InChI is InChI=1S/C23H23N3O5/c27-20-7-3-1-5-16(20)14-24-11-12-25(15-17-6-2-4-8-21(17)28)23(24)19-13-18(26(30)31)9-10-22(19)29/h1-10,13,23,27-29H,11-12,14-15H2/p+1. The lowest BCUT2D eigenvalue weighted by Crippen LogP contribution is -3.22. The second-order valence-corrected chi connectivity index (χ2v) is 7.84. The van der Waals surface area contributed by atoms with E-state index in [1.54, 1.807) is 24.3 Å². The molecule has 0 saturated carbocycles. The van der Waals surface area contributed by atoms with Crippen LogP contribution in [0.15, 0.2) is 66.7 Å². The van der Waals surface area contributed by atoms with Gasteiger partial charge < -0.3 is 15.3 Å². The molecule has 8 heteroatoms. The minimum Gasteiger partial charge on any atom is -0.872 e. The fraction of sp³-hybridized carbons (Fsp3) is 0.217. The second-order valence-electron chi connectivity index (χ2n) is 7.84. The van der Waals surface area contributed by atoms with E-state index >= 15 is 0 Å². The minimum absolute atomic E-state index is 0.120. The van der Waals surface area contributed by atoms with Gasteiger partial charge in [-0.05, 0) is 24.3 Å². The van der Waals surface area contributed by atoms with Crippen molar-refractivity contribution in [2.24, 2.45) is 0 Å². The maximum absolute atomic E-state index is 12.8. The molecule has 3 aromatic rings. The van der Waals surface area contributed by atoms with Crippen molar-refractivity contribution in [3.63, 3.8) is 0 Å². The van der Waals surface area contributed by atoms with Crippen molar-refractivity contribution in [2.45, 2.75) is 19.3 Å². The molecule has 1 aliphatic heterocycles. The zero-order chi connectivity index (χ0) is 22.0.